The second kappa shape index (κ2) is 13.1. The number of amides is 2. The average Bonchev–Trinajstić information content (AvgIpc) is 2.92. The lowest BCUT2D eigenvalue weighted by Crippen LogP contribution is -2.55. The molecule has 0 heterocycles. The van der Waals surface area contributed by atoms with Crippen LogP contribution in [0.2, 0.25) is 10.0 Å². The summed E-state index contributed by atoms with van der Waals surface area (Å²) in [4.78, 5) is 29.1. The van der Waals surface area contributed by atoms with Gasteiger partial charge >= 0.3 is 0 Å². The van der Waals surface area contributed by atoms with Gasteiger partial charge in [0.1, 0.15) is 11.8 Å². The van der Waals surface area contributed by atoms with Gasteiger partial charge in [0.25, 0.3) is 5.91 Å². The number of carbonyl (C=O) groups is 2. The van der Waals surface area contributed by atoms with Crippen LogP contribution in [0.4, 0.5) is 0 Å². The van der Waals surface area contributed by atoms with E-state index in [0.29, 0.717) is 22.2 Å². The fourth-order valence-electron chi connectivity index (χ4n) is 4.39. The minimum Gasteiger partial charge on any atom is -0.483 e. The highest BCUT2D eigenvalue weighted by Gasteiger charge is 2.32. The fraction of sp³-hybridized carbons (Fsp3) is 0.250. The van der Waals surface area contributed by atoms with E-state index in [-0.39, 0.29) is 25.0 Å². The number of hydrogen-bond donors (Lipinski definition) is 1. The van der Waals surface area contributed by atoms with Gasteiger partial charge in [-0.15, -0.1) is 0 Å². The van der Waals surface area contributed by atoms with Crippen LogP contribution in [-0.4, -0.2) is 34.9 Å². The summed E-state index contributed by atoms with van der Waals surface area (Å²) in [6, 6.07) is 25.7. The van der Waals surface area contributed by atoms with Gasteiger partial charge in [-0.25, -0.2) is 0 Å². The Bertz CT molecular complexity index is 1510. The predicted molar refractivity (Wildman–Crippen MR) is 166 cm³/mol. The van der Waals surface area contributed by atoms with Gasteiger partial charge in [-0.2, -0.15) is 0 Å². The first-order valence-corrected chi connectivity index (χ1v) is 14.5. The number of nitrogens with zero attached hydrogens (tertiary/aromatic N) is 1. The molecule has 4 aromatic carbocycles. The first-order chi connectivity index (χ1) is 19.0. The summed E-state index contributed by atoms with van der Waals surface area (Å²) in [5.41, 5.74) is 1.19. The SMILES string of the molecule is CC(C)(C)NC(=O)C(Cc1ccccc1)N(Cc1ccc(Cl)c(Cl)c1)C(=O)COc1ccc2ccccc2c1Br. The van der Waals surface area contributed by atoms with Gasteiger partial charge in [-0.3, -0.25) is 9.59 Å². The number of rotatable bonds is 9. The highest BCUT2D eigenvalue weighted by Crippen LogP contribution is 2.33. The maximum atomic E-state index is 13.9. The van der Waals surface area contributed by atoms with Crippen molar-refractivity contribution in [1.29, 1.82) is 0 Å². The molecule has 40 heavy (non-hydrogen) atoms. The van der Waals surface area contributed by atoms with E-state index in [0.717, 1.165) is 26.4 Å². The number of carbonyl (C=O) groups excluding carboxylic acids is 2. The maximum Gasteiger partial charge on any atom is 0.261 e. The average molecular weight is 642 g/mol. The van der Waals surface area contributed by atoms with Crippen molar-refractivity contribution in [3.8, 4) is 5.75 Å². The fourth-order valence-corrected chi connectivity index (χ4v) is 5.32. The molecule has 0 bridgehead atoms. The van der Waals surface area contributed by atoms with E-state index >= 15 is 0 Å². The minimum absolute atomic E-state index is 0.146. The first kappa shape index (κ1) is 29.9. The highest BCUT2D eigenvalue weighted by molar-refractivity contribution is 9.10. The molecule has 4 rings (SSSR count). The van der Waals surface area contributed by atoms with Crippen LogP contribution in [0.15, 0.2) is 89.4 Å². The molecule has 8 heteroatoms. The largest absolute Gasteiger partial charge is 0.483 e. The van der Waals surface area contributed by atoms with E-state index in [1.165, 1.54) is 0 Å². The van der Waals surface area contributed by atoms with Crippen molar-refractivity contribution in [3.05, 3.63) is 111 Å². The zero-order valence-electron chi connectivity index (χ0n) is 22.6. The lowest BCUT2D eigenvalue weighted by atomic mass is 10.0. The zero-order chi connectivity index (χ0) is 28.9. The molecule has 0 aliphatic heterocycles. The summed E-state index contributed by atoms with van der Waals surface area (Å²) in [6.45, 7) is 5.63. The lowest BCUT2D eigenvalue weighted by Gasteiger charge is -2.34. The molecule has 0 saturated heterocycles. The molecule has 1 unspecified atom stereocenters. The number of halogens is 3. The Morgan fingerprint density at radius 2 is 1.60 bits per heavy atom. The second-order valence-corrected chi connectivity index (χ2v) is 12.2. The Kier molecular flexibility index (Phi) is 9.77. The van der Waals surface area contributed by atoms with Gasteiger partial charge in [0, 0.05) is 18.5 Å². The number of benzene rings is 4. The summed E-state index contributed by atoms with van der Waals surface area (Å²) in [5, 5.41) is 5.88. The molecule has 0 saturated carbocycles. The van der Waals surface area contributed by atoms with Crippen LogP contribution in [0.3, 0.4) is 0 Å². The quantitative estimate of drug-likeness (QED) is 0.203. The van der Waals surface area contributed by atoms with Gasteiger partial charge in [0.05, 0.1) is 14.5 Å². The highest BCUT2D eigenvalue weighted by atomic mass is 79.9. The molecule has 0 aliphatic rings. The summed E-state index contributed by atoms with van der Waals surface area (Å²) in [5.74, 6) is -0.0481. The van der Waals surface area contributed by atoms with Crippen molar-refractivity contribution < 1.29 is 14.3 Å². The number of hydrogen-bond acceptors (Lipinski definition) is 3. The lowest BCUT2D eigenvalue weighted by molar-refractivity contribution is -0.143. The van der Waals surface area contributed by atoms with Gasteiger partial charge in [-0.1, -0.05) is 89.9 Å². The van der Waals surface area contributed by atoms with E-state index in [1.807, 2.05) is 87.5 Å². The Morgan fingerprint density at radius 1 is 0.900 bits per heavy atom. The van der Waals surface area contributed by atoms with Crippen molar-refractivity contribution in [1.82, 2.24) is 10.2 Å². The van der Waals surface area contributed by atoms with Crippen LogP contribution in [0, 0.1) is 0 Å². The van der Waals surface area contributed by atoms with Crippen LogP contribution < -0.4 is 10.1 Å². The smallest absolute Gasteiger partial charge is 0.261 e. The summed E-state index contributed by atoms with van der Waals surface area (Å²) >= 11 is 16.1. The van der Waals surface area contributed by atoms with E-state index in [9.17, 15) is 9.59 Å². The molecule has 0 radical (unpaired) electrons. The second-order valence-electron chi connectivity index (χ2n) is 10.6. The van der Waals surface area contributed by atoms with Crippen molar-refractivity contribution in [2.75, 3.05) is 6.61 Å². The summed E-state index contributed by atoms with van der Waals surface area (Å²) < 4.78 is 6.80. The Labute approximate surface area is 253 Å². The summed E-state index contributed by atoms with van der Waals surface area (Å²) in [6.07, 6.45) is 0.329. The Morgan fingerprint density at radius 3 is 2.30 bits per heavy atom. The van der Waals surface area contributed by atoms with Gasteiger partial charge in [0.15, 0.2) is 6.61 Å². The predicted octanol–water partition coefficient (Wildman–Crippen LogP) is 7.84. The molecule has 1 atom stereocenters. The van der Waals surface area contributed by atoms with Crippen molar-refractivity contribution in [2.24, 2.45) is 0 Å². The molecule has 4 aromatic rings. The third-order valence-electron chi connectivity index (χ3n) is 6.29. The van der Waals surface area contributed by atoms with Crippen molar-refractivity contribution in [3.63, 3.8) is 0 Å². The summed E-state index contributed by atoms with van der Waals surface area (Å²) in [7, 11) is 0. The molecule has 208 valence electrons. The molecular weight excluding hydrogens is 611 g/mol. The Hall–Kier alpha value is -3.06. The van der Waals surface area contributed by atoms with Crippen LogP contribution in [0.5, 0.6) is 5.75 Å². The monoisotopic (exact) mass is 640 g/mol. The van der Waals surface area contributed by atoms with Crippen molar-refractivity contribution in [2.45, 2.75) is 45.3 Å². The molecule has 1 N–H and O–H groups in total. The molecule has 5 nitrogen and oxygen atoms in total. The molecule has 2 amide bonds. The zero-order valence-corrected chi connectivity index (χ0v) is 25.7. The minimum atomic E-state index is -0.799. The third kappa shape index (κ3) is 7.78. The van der Waals surface area contributed by atoms with E-state index in [2.05, 4.69) is 21.2 Å². The van der Waals surface area contributed by atoms with Crippen molar-refractivity contribution >= 4 is 61.7 Å². The normalized spacial score (nSPS) is 12.2. The van der Waals surface area contributed by atoms with Gasteiger partial charge in [0.2, 0.25) is 5.91 Å². The molecule has 0 aromatic heterocycles. The number of fused-ring (bicyclic) bond motifs is 1. The van der Waals surface area contributed by atoms with E-state index < -0.39 is 11.6 Å². The van der Waals surface area contributed by atoms with Crippen LogP contribution in [0.1, 0.15) is 31.9 Å². The Balaban J connectivity index is 1.67. The van der Waals surface area contributed by atoms with Crippen LogP contribution in [-0.2, 0) is 22.6 Å². The topological polar surface area (TPSA) is 58.6 Å². The van der Waals surface area contributed by atoms with Crippen LogP contribution in [0.25, 0.3) is 10.8 Å². The third-order valence-corrected chi connectivity index (χ3v) is 7.84. The number of ether oxygens (including phenoxy) is 1. The van der Waals surface area contributed by atoms with E-state index in [1.54, 1.807) is 23.1 Å². The molecule has 0 spiro atoms. The maximum absolute atomic E-state index is 13.9. The number of nitrogens with one attached hydrogen (secondary N) is 1. The molecular formula is C32H31BrCl2N2O3. The standard InChI is InChI=1S/C32H31BrCl2N2O3/c1-32(2,3)36-31(39)27(18-21-9-5-4-6-10-21)37(19-22-13-15-25(34)26(35)17-22)29(38)20-40-28-16-14-23-11-7-8-12-24(23)30(28)33/h4-17,27H,18-20H2,1-3H3,(H,36,39). The van der Waals surface area contributed by atoms with Crippen LogP contribution >= 0.6 is 39.1 Å². The van der Waals surface area contributed by atoms with Gasteiger partial charge in [-0.05, 0) is 76.8 Å². The molecule has 0 aliphatic carbocycles. The van der Waals surface area contributed by atoms with Gasteiger partial charge < -0.3 is 15.0 Å². The van der Waals surface area contributed by atoms with E-state index in [4.69, 9.17) is 27.9 Å². The molecule has 0 fully saturated rings. The first-order valence-electron chi connectivity index (χ1n) is 12.9.